The molecule has 1 aliphatic carbocycles. The summed E-state index contributed by atoms with van der Waals surface area (Å²) in [6, 6.07) is 5.86. The van der Waals surface area contributed by atoms with Gasteiger partial charge in [-0.05, 0) is 82.3 Å². The van der Waals surface area contributed by atoms with Crippen LogP contribution in [0.15, 0.2) is 27.4 Å². The number of fused-ring (bicyclic) bond motifs is 3. The number of hydrogen-bond donors (Lipinski definition) is 1. The van der Waals surface area contributed by atoms with Crippen LogP contribution < -0.4 is 10.4 Å². The van der Waals surface area contributed by atoms with E-state index in [4.69, 9.17) is 19.1 Å². The van der Waals surface area contributed by atoms with Crippen LogP contribution >= 0.6 is 0 Å². The highest BCUT2D eigenvalue weighted by molar-refractivity contribution is 5.88. The van der Waals surface area contributed by atoms with E-state index in [0.29, 0.717) is 35.6 Å². The lowest BCUT2D eigenvalue weighted by atomic mass is 9.91. The number of ether oxygens (including phenoxy) is 1. The Balaban J connectivity index is 0.000000968. The van der Waals surface area contributed by atoms with E-state index in [-0.39, 0.29) is 18.0 Å². The zero-order valence-electron chi connectivity index (χ0n) is 20.0. The first-order valence-corrected chi connectivity index (χ1v) is 11.5. The first kappa shape index (κ1) is 24.8. The average Bonchev–Trinajstić information content (AvgIpc) is 3.02. The highest BCUT2D eigenvalue weighted by Crippen LogP contribution is 2.39. The average molecular weight is 459 g/mol. The van der Waals surface area contributed by atoms with Gasteiger partial charge < -0.3 is 24.1 Å². The second kappa shape index (κ2) is 10.4. The summed E-state index contributed by atoms with van der Waals surface area (Å²) in [5.74, 6) is 1.72. The molecule has 2 fully saturated rings. The molecule has 0 radical (unpaired) electrons. The van der Waals surface area contributed by atoms with Crippen molar-refractivity contribution in [1.29, 1.82) is 0 Å². The van der Waals surface area contributed by atoms with E-state index >= 15 is 0 Å². The van der Waals surface area contributed by atoms with Gasteiger partial charge in [-0.2, -0.15) is 0 Å². The van der Waals surface area contributed by atoms with E-state index in [2.05, 4.69) is 19.0 Å². The van der Waals surface area contributed by atoms with E-state index < -0.39 is 6.10 Å². The molecule has 8 nitrogen and oxygen atoms in total. The zero-order chi connectivity index (χ0) is 24.3. The van der Waals surface area contributed by atoms with Gasteiger partial charge in [-0.1, -0.05) is 6.92 Å². The van der Waals surface area contributed by atoms with Crippen LogP contribution in [0.5, 0.6) is 5.75 Å². The van der Waals surface area contributed by atoms with Crippen LogP contribution in [0.3, 0.4) is 0 Å². The molecule has 4 atom stereocenters. The number of benzene rings is 1. The van der Waals surface area contributed by atoms with Gasteiger partial charge in [-0.15, -0.1) is 0 Å². The van der Waals surface area contributed by atoms with Gasteiger partial charge in [0.1, 0.15) is 11.3 Å². The normalized spacial score (nSPS) is 22.6. The molecule has 2 heterocycles. The SMILES string of the molecule is CCc1cc(=O)oc2cc(C)cc(OC(C)C(=O)N3C[C@H]4CC[C@@H](C3)C4N(C)C)c12.O=CO. The Kier molecular flexibility index (Phi) is 7.79. The molecule has 1 saturated carbocycles. The molecule has 2 aromatic rings. The number of likely N-dealkylation sites (tertiary alicyclic amines) is 1. The van der Waals surface area contributed by atoms with E-state index in [9.17, 15) is 9.59 Å². The number of carboxylic acid groups (broad SMARTS) is 1. The topological polar surface area (TPSA) is 100 Å². The van der Waals surface area contributed by atoms with Crippen LogP contribution in [-0.2, 0) is 16.0 Å². The zero-order valence-corrected chi connectivity index (χ0v) is 20.0. The Bertz CT molecular complexity index is 1050. The molecule has 1 aromatic heterocycles. The first-order valence-electron chi connectivity index (χ1n) is 11.5. The summed E-state index contributed by atoms with van der Waals surface area (Å²) in [6.07, 6.45) is 2.47. The van der Waals surface area contributed by atoms with Gasteiger partial charge >= 0.3 is 5.63 Å². The Morgan fingerprint density at radius 2 is 1.88 bits per heavy atom. The predicted octanol–water partition coefficient (Wildman–Crippen LogP) is 2.93. The van der Waals surface area contributed by atoms with Crippen molar-refractivity contribution in [1.82, 2.24) is 9.80 Å². The number of nitrogens with zero attached hydrogens (tertiary/aromatic N) is 2. The van der Waals surface area contributed by atoms with Gasteiger partial charge in [-0.25, -0.2) is 4.79 Å². The second-order valence-corrected chi connectivity index (χ2v) is 9.24. The van der Waals surface area contributed by atoms with Crippen LogP contribution in [0.25, 0.3) is 11.0 Å². The summed E-state index contributed by atoms with van der Waals surface area (Å²) < 4.78 is 11.6. The second-order valence-electron chi connectivity index (χ2n) is 9.24. The maximum atomic E-state index is 13.2. The lowest BCUT2D eigenvalue weighted by molar-refractivity contribution is -0.141. The van der Waals surface area contributed by atoms with Gasteiger partial charge in [0.15, 0.2) is 6.10 Å². The monoisotopic (exact) mass is 458 g/mol. The van der Waals surface area contributed by atoms with E-state index in [1.807, 2.05) is 37.8 Å². The van der Waals surface area contributed by atoms with Crippen LogP contribution in [0.2, 0.25) is 0 Å². The first-order chi connectivity index (χ1) is 15.7. The maximum Gasteiger partial charge on any atom is 0.336 e. The molecule has 1 saturated heterocycles. The highest BCUT2D eigenvalue weighted by Gasteiger charge is 2.44. The third-order valence-electron chi connectivity index (χ3n) is 6.76. The van der Waals surface area contributed by atoms with Gasteiger partial charge in [0.25, 0.3) is 12.4 Å². The molecule has 8 heteroatoms. The van der Waals surface area contributed by atoms with Gasteiger partial charge in [0.2, 0.25) is 0 Å². The number of aryl methyl sites for hydroxylation is 2. The fourth-order valence-electron chi connectivity index (χ4n) is 5.56. The summed E-state index contributed by atoms with van der Waals surface area (Å²) in [4.78, 5) is 37.8. The smallest absolute Gasteiger partial charge is 0.336 e. The summed E-state index contributed by atoms with van der Waals surface area (Å²) in [5, 5.41) is 7.67. The Morgan fingerprint density at radius 1 is 1.27 bits per heavy atom. The van der Waals surface area contributed by atoms with Crippen molar-refractivity contribution in [3.05, 3.63) is 39.7 Å². The van der Waals surface area contributed by atoms with E-state index in [0.717, 1.165) is 29.6 Å². The number of piperidine rings is 1. The summed E-state index contributed by atoms with van der Waals surface area (Å²) in [6.45, 7) is 7.10. The molecule has 1 aromatic carbocycles. The summed E-state index contributed by atoms with van der Waals surface area (Å²) in [5.41, 5.74) is 1.96. The van der Waals surface area contributed by atoms with Crippen molar-refractivity contribution >= 4 is 23.3 Å². The molecular weight excluding hydrogens is 424 g/mol. The van der Waals surface area contributed by atoms with Crippen molar-refractivity contribution in [3.63, 3.8) is 0 Å². The Labute approximate surface area is 194 Å². The lowest BCUT2D eigenvalue weighted by Gasteiger charge is -2.41. The standard InChI is InChI=1S/C24H32N2O4.CH2O2/c1-6-16-11-21(27)30-20-10-14(2)9-19(22(16)20)29-15(3)24(28)26-12-17-7-8-18(13-26)23(17)25(4)5;2-1-3/h9-11,15,17-18,23H,6-8,12-13H2,1-5H3;1H,(H,2,3)/t15?,17-,18+,23?;. The molecule has 0 spiro atoms. The minimum Gasteiger partial charge on any atom is -0.483 e. The van der Waals surface area contributed by atoms with Crippen molar-refractivity contribution in [2.75, 3.05) is 27.2 Å². The van der Waals surface area contributed by atoms with E-state index in [1.165, 1.54) is 18.9 Å². The highest BCUT2D eigenvalue weighted by atomic mass is 16.5. The van der Waals surface area contributed by atoms with E-state index in [1.54, 1.807) is 0 Å². The van der Waals surface area contributed by atoms with Gasteiger partial charge in [-0.3, -0.25) is 9.59 Å². The molecule has 1 aliphatic heterocycles. The van der Waals surface area contributed by atoms with Gasteiger partial charge in [0, 0.05) is 25.2 Å². The molecule has 4 rings (SSSR count). The molecule has 2 bridgehead atoms. The molecule has 1 N–H and O–H groups in total. The Hall–Kier alpha value is -2.87. The quantitative estimate of drug-likeness (QED) is 0.543. The van der Waals surface area contributed by atoms with Crippen LogP contribution in [0.1, 0.15) is 37.8 Å². The van der Waals surface area contributed by atoms with Gasteiger partial charge in [0.05, 0.1) is 5.39 Å². The minimum absolute atomic E-state index is 0.0363. The molecule has 2 aliphatic rings. The fourth-order valence-corrected chi connectivity index (χ4v) is 5.56. The fraction of sp³-hybridized carbons (Fsp3) is 0.560. The summed E-state index contributed by atoms with van der Waals surface area (Å²) >= 11 is 0. The maximum absolute atomic E-state index is 13.2. The van der Waals surface area contributed by atoms with Crippen LogP contribution in [0, 0.1) is 18.8 Å². The van der Waals surface area contributed by atoms with Crippen LogP contribution in [0.4, 0.5) is 0 Å². The number of amides is 1. The third-order valence-corrected chi connectivity index (χ3v) is 6.76. The number of carbonyl (C=O) groups is 2. The Morgan fingerprint density at radius 3 is 2.42 bits per heavy atom. The lowest BCUT2D eigenvalue weighted by Crippen LogP contribution is -2.54. The largest absolute Gasteiger partial charge is 0.483 e. The number of carbonyl (C=O) groups excluding carboxylic acids is 1. The molecule has 180 valence electrons. The van der Waals surface area contributed by atoms with Crippen molar-refractivity contribution in [3.8, 4) is 5.75 Å². The van der Waals surface area contributed by atoms with Crippen molar-refractivity contribution in [2.24, 2.45) is 11.8 Å². The van der Waals surface area contributed by atoms with Crippen molar-refractivity contribution in [2.45, 2.75) is 52.2 Å². The van der Waals surface area contributed by atoms with Crippen LogP contribution in [-0.4, -0.2) is 66.6 Å². The summed E-state index contributed by atoms with van der Waals surface area (Å²) in [7, 11) is 4.29. The molecule has 1 amide bonds. The third kappa shape index (κ3) is 5.21. The number of rotatable bonds is 5. The minimum atomic E-state index is -0.595. The predicted molar refractivity (Wildman–Crippen MR) is 126 cm³/mol. The van der Waals surface area contributed by atoms with Crippen molar-refractivity contribution < 1.29 is 23.8 Å². The molecule has 33 heavy (non-hydrogen) atoms. The molecular formula is C25H34N2O6. The molecule has 2 unspecified atom stereocenters. The number of hydrogen-bond acceptors (Lipinski definition) is 6.